The summed E-state index contributed by atoms with van der Waals surface area (Å²) in [4.78, 5) is 25.0. The van der Waals surface area contributed by atoms with Gasteiger partial charge in [-0.3, -0.25) is 4.79 Å². The van der Waals surface area contributed by atoms with Crippen LogP contribution in [0.5, 0.6) is 11.6 Å². The summed E-state index contributed by atoms with van der Waals surface area (Å²) in [6, 6.07) is 22.1. The van der Waals surface area contributed by atoms with E-state index in [2.05, 4.69) is 30.6 Å². The minimum atomic E-state index is -0.176. The van der Waals surface area contributed by atoms with Gasteiger partial charge in [-0.05, 0) is 66.6 Å². The number of hydrogen-bond acceptors (Lipinski definition) is 7. The standard InChI is InChI=1S/C29H25N7O3/c1-39-29-20(6-4-13-31-29)18-10-12-26(37)21(16-18)27-32-22-11-9-19(17-24(22)33-27)28(38)30-14-5-15-36-25-8-3-2-7-23(25)34-35-36/h2-4,6-13,16-17,37H,5,14-15H2,1H3,(H,30,38)(H,32,33). The third-order valence-electron chi connectivity index (χ3n) is 6.52. The quantitative estimate of drug-likeness (QED) is 0.251. The van der Waals surface area contributed by atoms with Gasteiger partial charge in [-0.1, -0.05) is 23.4 Å². The zero-order valence-corrected chi connectivity index (χ0v) is 21.1. The lowest BCUT2D eigenvalue weighted by Gasteiger charge is -2.09. The van der Waals surface area contributed by atoms with Gasteiger partial charge in [-0.2, -0.15) is 0 Å². The van der Waals surface area contributed by atoms with Crippen LogP contribution in [0, 0.1) is 0 Å². The molecule has 0 spiro atoms. The fourth-order valence-electron chi connectivity index (χ4n) is 4.56. The lowest BCUT2D eigenvalue weighted by Crippen LogP contribution is -2.25. The number of nitrogens with zero attached hydrogens (tertiary/aromatic N) is 5. The highest BCUT2D eigenvalue weighted by Crippen LogP contribution is 2.35. The van der Waals surface area contributed by atoms with E-state index in [4.69, 9.17) is 4.74 Å². The maximum Gasteiger partial charge on any atom is 0.251 e. The number of aromatic nitrogens is 6. The molecule has 0 atom stereocenters. The third kappa shape index (κ3) is 4.75. The fourth-order valence-corrected chi connectivity index (χ4v) is 4.56. The second-order valence-electron chi connectivity index (χ2n) is 9.02. The van der Waals surface area contributed by atoms with E-state index in [0.29, 0.717) is 53.4 Å². The van der Waals surface area contributed by atoms with Crippen molar-refractivity contribution in [2.24, 2.45) is 0 Å². The number of fused-ring (bicyclic) bond motifs is 2. The number of carbonyl (C=O) groups is 1. The zero-order chi connectivity index (χ0) is 26.8. The van der Waals surface area contributed by atoms with Crippen LogP contribution in [-0.2, 0) is 6.54 Å². The first kappa shape index (κ1) is 24.1. The minimum Gasteiger partial charge on any atom is -0.507 e. The maximum atomic E-state index is 12.8. The number of nitrogens with one attached hydrogen (secondary N) is 2. The summed E-state index contributed by atoms with van der Waals surface area (Å²) >= 11 is 0. The molecular formula is C29H25N7O3. The molecule has 10 nitrogen and oxygen atoms in total. The number of phenolic OH excluding ortho intramolecular Hbond substituents is 1. The summed E-state index contributed by atoms with van der Waals surface area (Å²) in [7, 11) is 1.57. The number of imidazole rings is 1. The van der Waals surface area contributed by atoms with E-state index in [1.807, 2.05) is 47.1 Å². The van der Waals surface area contributed by atoms with E-state index < -0.39 is 0 Å². The molecule has 3 aromatic carbocycles. The summed E-state index contributed by atoms with van der Waals surface area (Å²) in [6.07, 6.45) is 2.38. The zero-order valence-electron chi connectivity index (χ0n) is 21.1. The summed E-state index contributed by atoms with van der Waals surface area (Å²) < 4.78 is 7.23. The Balaban J connectivity index is 1.17. The number of phenols is 1. The average molecular weight is 520 g/mol. The molecule has 39 heavy (non-hydrogen) atoms. The van der Waals surface area contributed by atoms with Crippen LogP contribution in [0.15, 0.2) is 79.0 Å². The van der Waals surface area contributed by atoms with Crippen molar-refractivity contribution >= 4 is 28.0 Å². The van der Waals surface area contributed by atoms with Crippen molar-refractivity contribution in [2.75, 3.05) is 13.7 Å². The van der Waals surface area contributed by atoms with Crippen LogP contribution < -0.4 is 10.1 Å². The second kappa shape index (κ2) is 10.3. The van der Waals surface area contributed by atoms with Crippen molar-refractivity contribution in [2.45, 2.75) is 13.0 Å². The molecule has 10 heteroatoms. The Morgan fingerprint density at radius 3 is 2.82 bits per heavy atom. The highest BCUT2D eigenvalue weighted by atomic mass is 16.5. The van der Waals surface area contributed by atoms with Crippen molar-refractivity contribution < 1.29 is 14.6 Å². The monoisotopic (exact) mass is 519 g/mol. The van der Waals surface area contributed by atoms with Crippen LogP contribution in [0.1, 0.15) is 16.8 Å². The van der Waals surface area contributed by atoms with Gasteiger partial charge in [-0.15, -0.1) is 5.10 Å². The molecule has 194 valence electrons. The lowest BCUT2D eigenvalue weighted by molar-refractivity contribution is 0.0952. The fraction of sp³-hybridized carbons (Fsp3) is 0.138. The van der Waals surface area contributed by atoms with Gasteiger partial charge in [0.2, 0.25) is 5.88 Å². The molecular weight excluding hydrogens is 494 g/mol. The van der Waals surface area contributed by atoms with Gasteiger partial charge in [0.05, 0.1) is 29.2 Å². The Morgan fingerprint density at radius 1 is 1.03 bits per heavy atom. The summed E-state index contributed by atoms with van der Waals surface area (Å²) in [5, 5.41) is 21.9. The van der Waals surface area contributed by atoms with Crippen molar-refractivity contribution in [3.05, 3.63) is 84.6 Å². The number of H-pyrrole nitrogens is 1. The number of benzene rings is 3. The van der Waals surface area contributed by atoms with Gasteiger partial charge in [0.15, 0.2) is 0 Å². The normalized spacial score (nSPS) is 11.2. The predicted octanol–water partition coefficient (Wildman–Crippen LogP) is 4.57. The first-order valence-electron chi connectivity index (χ1n) is 12.5. The topological polar surface area (TPSA) is 131 Å². The summed E-state index contributed by atoms with van der Waals surface area (Å²) in [6.45, 7) is 1.15. The number of methoxy groups -OCH3 is 1. The Kier molecular flexibility index (Phi) is 6.34. The van der Waals surface area contributed by atoms with Crippen LogP contribution in [0.4, 0.5) is 0 Å². The highest BCUT2D eigenvalue weighted by molar-refractivity contribution is 5.97. The largest absolute Gasteiger partial charge is 0.507 e. The molecule has 0 saturated carbocycles. The molecule has 0 radical (unpaired) electrons. The Labute approximate surface area is 223 Å². The third-order valence-corrected chi connectivity index (χ3v) is 6.52. The number of rotatable bonds is 8. The van der Waals surface area contributed by atoms with E-state index in [0.717, 1.165) is 22.2 Å². The van der Waals surface area contributed by atoms with Crippen molar-refractivity contribution in [3.8, 4) is 34.1 Å². The molecule has 0 saturated heterocycles. The van der Waals surface area contributed by atoms with E-state index in [9.17, 15) is 9.90 Å². The van der Waals surface area contributed by atoms with Crippen LogP contribution in [0.2, 0.25) is 0 Å². The van der Waals surface area contributed by atoms with E-state index in [1.54, 1.807) is 43.6 Å². The molecule has 3 aromatic heterocycles. The molecule has 0 fully saturated rings. The molecule has 0 unspecified atom stereocenters. The second-order valence-corrected chi connectivity index (χ2v) is 9.02. The van der Waals surface area contributed by atoms with Gasteiger partial charge >= 0.3 is 0 Å². The van der Waals surface area contributed by atoms with Crippen LogP contribution >= 0.6 is 0 Å². The Hall–Kier alpha value is -5.25. The van der Waals surface area contributed by atoms with Gasteiger partial charge in [0.1, 0.15) is 17.1 Å². The van der Waals surface area contributed by atoms with Crippen molar-refractivity contribution in [3.63, 3.8) is 0 Å². The lowest BCUT2D eigenvalue weighted by atomic mass is 10.0. The smallest absolute Gasteiger partial charge is 0.251 e. The summed E-state index contributed by atoms with van der Waals surface area (Å²) in [5.41, 5.74) is 5.87. The number of carbonyl (C=O) groups excluding carboxylic acids is 1. The van der Waals surface area contributed by atoms with Crippen LogP contribution in [0.25, 0.3) is 44.6 Å². The van der Waals surface area contributed by atoms with E-state index >= 15 is 0 Å². The molecule has 6 aromatic rings. The number of para-hydroxylation sites is 1. The van der Waals surface area contributed by atoms with Gasteiger partial charge in [0, 0.05) is 30.4 Å². The van der Waals surface area contributed by atoms with Crippen molar-refractivity contribution in [1.82, 2.24) is 35.3 Å². The number of pyridine rings is 1. The molecule has 0 aliphatic heterocycles. The number of aromatic hydroxyl groups is 1. The number of aromatic amines is 1. The molecule has 3 N–H and O–H groups in total. The molecule has 0 aliphatic carbocycles. The SMILES string of the molecule is COc1ncccc1-c1ccc(O)c(-c2nc3ccc(C(=O)NCCCn4nnc5ccccc54)cc3[nH]2)c1. The number of ether oxygens (including phenoxy) is 1. The Bertz CT molecular complexity index is 1810. The average Bonchev–Trinajstić information content (AvgIpc) is 3.59. The highest BCUT2D eigenvalue weighted by Gasteiger charge is 2.15. The number of amides is 1. The maximum absolute atomic E-state index is 12.8. The number of hydrogen-bond donors (Lipinski definition) is 3. The molecule has 1 amide bonds. The molecule has 0 bridgehead atoms. The van der Waals surface area contributed by atoms with E-state index in [-0.39, 0.29) is 11.7 Å². The van der Waals surface area contributed by atoms with Crippen LogP contribution in [-0.4, -0.2) is 54.6 Å². The molecule has 6 rings (SSSR count). The van der Waals surface area contributed by atoms with Gasteiger partial charge < -0.3 is 20.1 Å². The molecule has 3 heterocycles. The minimum absolute atomic E-state index is 0.0822. The predicted molar refractivity (Wildman–Crippen MR) is 147 cm³/mol. The first-order valence-corrected chi connectivity index (χ1v) is 12.5. The van der Waals surface area contributed by atoms with Gasteiger partial charge in [0.25, 0.3) is 5.91 Å². The summed E-state index contributed by atoms with van der Waals surface area (Å²) in [5.74, 6) is 0.887. The van der Waals surface area contributed by atoms with Crippen LogP contribution in [0.3, 0.4) is 0 Å². The number of aryl methyl sites for hydroxylation is 1. The molecule has 0 aliphatic rings. The van der Waals surface area contributed by atoms with Crippen molar-refractivity contribution in [1.29, 1.82) is 0 Å². The Morgan fingerprint density at radius 2 is 1.92 bits per heavy atom. The van der Waals surface area contributed by atoms with Gasteiger partial charge in [-0.25, -0.2) is 14.6 Å². The first-order chi connectivity index (χ1) is 19.1. The van der Waals surface area contributed by atoms with E-state index in [1.165, 1.54) is 0 Å².